The van der Waals surface area contributed by atoms with Gasteiger partial charge in [0, 0.05) is 19.1 Å². The van der Waals surface area contributed by atoms with Gasteiger partial charge in [0.05, 0.1) is 22.5 Å². The third kappa shape index (κ3) is 4.33. The van der Waals surface area contributed by atoms with Crippen LogP contribution >= 0.6 is 11.6 Å². The van der Waals surface area contributed by atoms with E-state index in [-0.39, 0.29) is 29.4 Å². The molecule has 0 unspecified atom stereocenters. The van der Waals surface area contributed by atoms with Crippen molar-refractivity contribution in [2.24, 2.45) is 0 Å². The SMILES string of the molecule is O=C(NC1CCN(C(=O)c2cn(-c3ccc(F)cc3)nn2)CC1)c1ccccc1Cl. The van der Waals surface area contributed by atoms with E-state index in [1.165, 1.54) is 23.0 Å². The molecule has 1 aliphatic heterocycles. The van der Waals surface area contributed by atoms with Crippen LogP contribution in [0.4, 0.5) is 4.39 Å². The molecule has 4 rings (SSSR count). The molecule has 7 nitrogen and oxygen atoms in total. The van der Waals surface area contributed by atoms with Crippen LogP contribution in [0.5, 0.6) is 0 Å². The van der Waals surface area contributed by atoms with Crippen LogP contribution in [-0.4, -0.2) is 50.8 Å². The predicted molar refractivity (Wildman–Crippen MR) is 109 cm³/mol. The number of nitrogens with zero attached hydrogens (tertiary/aromatic N) is 4. The van der Waals surface area contributed by atoms with E-state index in [9.17, 15) is 14.0 Å². The molecule has 0 spiro atoms. The minimum Gasteiger partial charge on any atom is -0.349 e. The van der Waals surface area contributed by atoms with Gasteiger partial charge in [-0.05, 0) is 49.2 Å². The molecule has 30 heavy (non-hydrogen) atoms. The van der Waals surface area contributed by atoms with E-state index in [1.807, 2.05) is 0 Å². The molecule has 1 N–H and O–H groups in total. The zero-order chi connectivity index (χ0) is 21.1. The van der Waals surface area contributed by atoms with Crippen molar-refractivity contribution in [3.63, 3.8) is 0 Å². The molecule has 0 saturated carbocycles. The van der Waals surface area contributed by atoms with Gasteiger partial charge >= 0.3 is 0 Å². The number of hydrogen-bond donors (Lipinski definition) is 1. The van der Waals surface area contributed by atoms with Crippen LogP contribution in [-0.2, 0) is 0 Å². The molecular formula is C21H19ClFN5O2. The first kappa shape index (κ1) is 20.0. The number of piperidine rings is 1. The Balaban J connectivity index is 1.34. The molecule has 1 saturated heterocycles. The second-order valence-electron chi connectivity index (χ2n) is 7.04. The zero-order valence-electron chi connectivity index (χ0n) is 16.0. The van der Waals surface area contributed by atoms with Gasteiger partial charge in [0.15, 0.2) is 5.69 Å². The monoisotopic (exact) mass is 427 g/mol. The fourth-order valence-electron chi connectivity index (χ4n) is 3.38. The normalized spacial score (nSPS) is 14.5. The molecule has 0 bridgehead atoms. The molecular weight excluding hydrogens is 409 g/mol. The highest BCUT2D eigenvalue weighted by Crippen LogP contribution is 2.18. The van der Waals surface area contributed by atoms with Crippen molar-refractivity contribution in [3.8, 4) is 5.69 Å². The average Bonchev–Trinajstić information content (AvgIpc) is 3.25. The van der Waals surface area contributed by atoms with E-state index in [1.54, 1.807) is 41.3 Å². The van der Waals surface area contributed by atoms with Crippen molar-refractivity contribution >= 4 is 23.4 Å². The van der Waals surface area contributed by atoms with Crippen molar-refractivity contribution in [1.29, 1.82) is 0 Å². The van der Waals surface area contributed by atoms with Gasteiger partial charge in [0.2, 0.25) is 0 Å². The lowest BCUT2D eigenvalue weighted by molar-refractivity contribution is 0.0692. The maximum Gasteiger partial charge on any atom is 0.276 e. The summed E-state index contributed by atoms with van der Waals surface area (Å²) in [6.07, 6.45) is 2.79. The van der Waals surface area contributed by atoms with E-state index in [0.717, 1.165) is 0 Å². The van der Waals surface area contributed by atoms with Crippen LogP contribution in [0, 0.1) is 5.82 Å². The number of hydrogen-bond acceptors (Lipinski definition) is 4. The van der Waals surface area contributed by atoms with Crippen molar-refractivity contribution < 1.29 is 14.0 Å². The number of carbonyl (C=O) groups is 2. The molecule has 0 aliphatic carbocycles. The van der Waals surface area contributed by atoms with Crippen molar-refractivity contribution in [2.75, 3.05) is 13.1 Å². The number of nitrogens with one attached hydrogen (secondary N) is 1. The molecule has 2 amide bonds. The first-order valence-electron chi connectivity index (χ1n) is 9.54. The Kier molecular flexibility index (Phi) is 5.76. The fraction of sp³-hybridized carbons (Fsp3) is 0.238. The minimum absolute atomic E-state index is 0.0345. The van der Waals surface area contributed by atoms with Crippen LogP contribution < -0.4 is 5.32 Å². The Morgan fingerprint density at radius 3 is 2.47 bits per heavy atom. The molecule has 154 valence electrons. The predicted octanol–water partition coefficient (Wildman–Crippen LogP) is 3.09. The first-order valence-corrected chi connectivity index (χ1v) is 9.92. The molecule has 2 aromatic carbocycles. The maximum absolute atomic E-state index is 13.1. The lowest BCUT2D eigenvalue weighted by Crippen LogP contribution is -2.46. The second-order valence-corrected chi connectivity index (χ2v) is 7.45. The van der Waals surface area contributed by atoms with Gasteiger partial charge in [-0.15, -0.1) is 5.10 Å². The van der Waals surface area contributed by atoms with E-state index >= 15 is 0 Å². The van der Waals surface area contributed by atoms with Crippen molar-refractivity contribution in [2.45, 2.75) is 18.9 Å². The number of benzene rings is 2. The van der Waals surface area contributed by atoms with Crippen molar-refractivity contribution in [1.82, 2.24) is 25.2 Å². The van der Waals surface area contributed by atoms with Crippen LogP contribution in [0.1, 0.15) is 33.7 Å². The summed E-state index contributed by atoms with van der Waals surface area (Å²) in [7, 11) is 0. The third-order valence-corrected chi connectivity index (χ3v) is 5.37. The van der Waals surface area contributed by atoms with Gasteiger partial charge < -0.3 is 10.2 Å². The number of carbonyl (C=O) groups excluding carboxylic acids is 2. The summed E-state index contributed by atoms with van der Waals surface area (Å²) in [6, 6.07) is 12.6. The van der Waals surface area contributed by atoms with E-state index in [4.69, 9.17) is 11.6 Å². The lowest BCUT2D eigenvalue weighted by atomic mass is 10.0. The quantitative estimate of drug-likeness (QED) is 0.693. The van der Waals surface area contributed by atoms with Gasteiger partial charge in [-0.1, -0.05) is 28.9 Å². The highest BCUT2D eigenvalue weighted by Gasteiger charge is 2.26. The summed E-state index contributed by atoms with van der Waals surface area (Å²) in [4.78, 5) is 26.8. The van der Waals surface area contributed by atoms with Crippen LogP contribution in [0.3, 0.4) is 0 Å². The molecule has 2 heterocycles. The molecule has 0 radical (unpaired) electrons. The molecule has 9 heteroatoms. The average molecular weight is 428 g/mol. The summed E-state index contributed by atoms with van der Waals surface area (Å²) in [5.41, 5.74) is 1.27. The van der Waals surface area contributed by atoms with Crippen LogP contribution in [0.2, 0.25) is 5.02 Å². The highest BCUT2D eigenvalue weighted by molar-refractivity contribution is 6.33. The summed E-state index contributed by atoms with van der Waals surface area (Å²) in [6.45, 7) is 0.991. The summed E-state index contributed by atoms with van der Waals surface area (Å²) in [5, 5.41) is 11.3. The third-order valence-electron chi connectivity index (χ3n) is 5.04. The zero-order valence-corrected chi connectivity index (χ0v) is 16.7. The maximum atomic E-state index is 13.1. The van der Waals surface area contributed by atoms with Gasteiger partial charge in [-0.25, -0.2) is 9.07 Å². The number of aromatic nitrogens is 3. The van der Waals surface area contributed by atoms with Crippen LogP contribution in [0.15, 0.2) is 54.7 Å². The number of likely N-dealkylation sites (tertiary alicyclic amines) is 1. The Morgan fingerprint density at radius 2 is 1.77 bits per heavy atom. The van der Waals surface area contributed by atoms with E-state index in [0.29, 0.717) is 42.2 Å². The fourth-order valence-corrected chi connectivity index (χ4v) is 3.60. The number of halogens is 2. The highest BCUT2D eigenvalue weighted by atomic mass is 35.5. The molecule has 0 atom stereocenters. The van der Waals surface area contributed by atoms with Gasteiger partial charge in [0.1, 0.15) is 5.82 Å². The van der Waals surface area contributed by atoms with Gasteiger partial charge in [-0.3, -0.25) is 9.59 Å². The number of amides is 2. The first-order chi connectivity index (χ1) is 14.5. The Morgan fingerprint density at radius 1 is 1.07 bits per heavy atom. The van der Waals surface area contributed by atoms with Gasteiger partial charge in [0.25, 0.3) is 11.8 Å². The minimum atomic E-state index is -0.348. The number of rotatable bonds is 4. The molecule has 1 aliphatic rings. The van der Waals surface area contributed by atoms with Gasteiger partial charge in [-0.2, -0.15) is 0 Å². The topological polar surface area (TPSA) is 80.1 Å². The Bertz CT molecular complexity index is 1060. The summed E-state index contributed by atoms with van der Waals surface area (Å²) < 4.78 is 14.5. The molecule has 1 fully saturated rings. The van der Waals surface area contributed by atoms with Crippen LogP contribution in [0.25, 0.3) is 5.69 Å². The Hall–Kier alpha value is -3.26. The lowest BCUT2D eigenvalue weighted by Gasteiger charge is -2.32. The summed E-state index contributed by atoms with van der Waals surface area (Å²) in [5.74, 6) is -0.786. The Labute approximate surface area is 177 Å². The van der Waals surface area contributed by atoms with E-state index < -0.39 is 0 Å². The smallest absolute Gasteiger partial charge is 0.276 e. The molecule has 3 aromatic rings. The van der Waals surface area contributed by atoms with Crippen molar-refractivity contribution in [3.05, 3.63) is 76.8 Å². The second kappa shape index (κ2) is 8.62. The standard InChI is InChI=1S/C21H19ClFN5O2/c22-18-4-2-1-3-17(18)20(29)24-15-9-11-27(12-10-15)21(30)19-13-28(26-25-19)16-7-5-14(23)6-8-16/h1-8,13,15H,9-12H2,(H,24,29). The summed E-state index contributed by atoms with van der Waals surface area (Å²) >= 11 is 6.08. The molecule has 1 aromatic heterocycles. The van der Waals surface area contributed by atoms with E-state index in [2.05, 4.69) is 15.6 Å². The largest absolute Gasteiger partial charge is 0.349 e.